The Hall–Kier alpha value is -2.91. The van der Waals surface area contributed by atoms with E-state index in [1.807, 2.05) is 19.1 Å². The molecule has 2 heterocycles. The number of hydrogen-bond donors (Lipinski definition) is 2. The van der Waals surface area contributed by atoms with Crippen LogP contribution in [-0.4, -0.2) is 55.5 Å². The molecule has 2 aliphatic rings. The number of aromatic amines is 1. The largest absolute Gasteiger partial charge is 0.371 e. The quantitative estimate of drug-likeness (QED) is 0.532. The van der Waals surface area contributed by atoms with E-state index in [2.05, 4.69) is 32.5 Å². The third kappa shape index (κ3) is 4.54. The first-order valence-corrected chi connectivity index (χ1v) is 13.4. The predicted molar refractivity (Wildman–Crippen MR) is 134 cm³/mol. The van der Waals surface area contributed by atoms with Crippen LogP contribution in [0, 0.1) is 6.92 Å². The molecule has 3 aromatic rings. The molecule has 2 fully saturated rings. The Morgan fingerprint density at radius 3 is 2.68 bits per heavy atom. The summed E-state index contributed by atoms with van der Waals surface area (Å²) in [5.74, 6) is 0.182. The van der Waals surface area contributed by atoms with Gasteiger partial charge in [0.2, 0.25) is 15.9 Å². The molecule has 9 heteroatoms. The minimum Gasteiger partial charge on any atom is -0.371 e. The number of anilines is 2. The zero-order chi connectivity index (χ0) is 23.9. The Morgan fingerprint density at radius 1 is 1.18 bits per heavy atom. The lowest BCUT2D eigenvalue weighted by Gasteiger charge is -2.31. The van der Waals surface area contributed by atoms with E-state index in [9.17, 15) is 13.2 Å². The average Bonchev–Trinajstić information content (AvgIpc) is 3.56. The first-order chi connectivity index (χ1) is 16.3. The maximum Gasteiger partial charge on any atom is 0.245 e. The van der Waals surface area contributed by atoms with Crippen LogP contribution in [-0.2, 0) is 14.8 Å². The lowest BCUT2D eigenvalue weighted by atomic mass is 10.0. The van der Waals surface area contributed by atoms with Gasteiger partial charge in [0.1, 0.15) is 4.90 Å². The zero-order valence-electron chi connectivity index (χ0n) is 19.7. The average molecular weight is 482 g/mol. The monoisotopic (exact) mass is 481 g/mol. The summed E-state index contributed by atoms with van der Waals surface area (Å²) in [6.45, 7) is 3.72. The fourth-order valence-corrected chi connectivity index (χ4v) is 6.18. The molecule has 1 aliphatic carbocycles. The number of likely N-dealkylation sites (N-methyl/N-ethyl adjacent to an activating group) is 1. The number of hydrogen-bond acceptors (Lipinski definition) is 5. The van der Waals surface area contributed by atoms with Gasteiger partial charge in [-0.1, -0.05) is 0 Å². The van der Waals surface area contributed by atoms with Crippen LogP contribution in [0.25, 0.3) is 10.9 Å². The maximum absolute atomic E-state index is 13.2. The van der Waals surface area contributed by atoms with E-state index >= 15 is 0 Å². The van der Waals surface area contributed by atoms with Gasteiger partial charge in [0, 0.05) is 36.9 Å². The Morgan fingerprint density at radius 2 is 1.94 bits per heavy atom. The smallest absolute Gasteiger partial charge is 0.245 e. The number of nitrogens with one attached hydrogen (secondary N) is 2. The molecule has 0 bridgehead atoms. The van der Waals surface area contributed by atoms with Gasteiger partial charge in [-0.2, -0.15) is 9.40 Å². The second-order valence-corrected chi connectivity index (χ2v) is 11.5. The molecule has 8 nitrogen and oxygen atoms in total. The van der Waals surface area contributed by atoms with Crippen LogP contribution in [0.3, 0.4) is 0 Å². The van der Waals surface area contributed by atoms with E-state index < -0.39 is 10.0 Å². The summed E-state index contributed by atoms with van der Waals surface area (Å²) in [6.07, 6.45) is 7.67. The third-order valence-electron chi connectivity index (χ3n) is 6.74. The number of piperidine rings is 1. The molecule has 0 atom stereocenters. The van der Waals surface area contributed by atoms with Gasteiger partial charge >= 0.3 is 0 Å². The number of fused-ring (bicyclic) bond motifs is 1. The molecule has 1 amide bonds. The van der Waals surface area contributed by atoms with Crippen molar-refractivity contribution in [3.05, 3.63) is 47.7 Å². The lowest BCUT2D eigenvalue weighted by Crippen LogP contribution is -2.35. The normalized spacial score (nSPS) is 16.9. The molecule has 1 aliphatic heterocycles. The molecule has 2 N–H and O–H groups in total. The van der Waals surface area contributed by atoms with E-state index in [0.29, 0.717) is 17.1 Å². The van der Waals surface area contributed by atoms with Gasteiger partial charge in [-0.05, 0) is 86.4 Å². The van der Waals surface area contributed by atoms with Gasteiger partial charge in [0.05, 0.1) is 18.3 Å². The Kier molecular flexibility index (Phi) is 6.07. The predicted octanol–water partition coefficient (Wildman–Crippen LogP) is 4.00. The lowest BCUT2D eigenvalue weighted by molar-refractivity contribution is -0.116. The Bertz CT molecular complexity index is 1320. The van der Waals surface area contributed by atoms with Crippen LogP contribution in [0.15, 0.2) is 41.4 Å². The second kappa shape index (κ2) is 9.03. The minimum absolute atomic E-state index is 0.122. The van der Waals surface area contributed by atoms with Crippen molar-refractivity contribution in [1.82, 2.24) is 14.5 Å². The summed E-state index contributed by atoms with van der Waals surface area (Å²) in [5.41, 5.74) is 4.54. The highest BCUT2D eigenvalue weighted by Crippen LogP contribution is 2.45. The van der Waals surface area contributed by atoms with Crippen molar-refractivity contribution < 1.29 is 13.2 Å². The highest BCUT2D eigenvalue weighted by molar-refractivity contribution is 7.89. The van der Waals surface area contributed by atoms with Crippen LogP contribution in [0.5, 0.6) is 0 Å². The maximum atomic E-state index is 13.2. The van der Waals surface area contributed by atoms with Crippen LogP contribution < -0.4 is 10.2 Å². The molecule has 2 aromatic carbocycles. The number of rotatable bonds is 7. The number of amides is 1. The first-order valence-electron chi connectivity index (χ1n) is 11.9. The molecule has 5 rings (SSSR count). The topological polar surface area (TPSA) is 98.4 Å². The molecule has 34 heavy (non-hydrogen) atoms. The summed E-state index contributed by atoms with van der Waals surface area (Å²) >= 11 is 0. The first kappa shape index (κ1) is 22.9. The molecule has 0 unspecified atom stereocenters. The van der Waals surface area contributed by atoms with Gasteiger partial charge in [-0.3, -0.25) is 9.89 Å². The highest BCUT2D eigenvalue weighted by atomic mass is 32.2. The second-order valence-electron chi connectivity index (χ2n) is 9.50. The third-order valence-corrected chi connectivity index (χ3v) is 8.56. The molecule has 1 aromatic heterocycles. The van der Waals surface area contributed by atoms with Crippen molar-refractivity contribution in [3.8, 4) is 0 Å². The summed E-state index contributed by atoms with van der Waals surface area (Å²) in [4.78, 5) is 15.4. The number of carbonyl (C=O) groups excluding carboxylic acids is 1. The SMILES string of the molecule is Cc1cc(S(=O)(=O)N(C)CC(=O)Nc2ccc(N3CCCCC3)c(C3CC3)c2)c2[nH]ncc2c1. The molecular formula is C25H31N5O3S. The van der Waals surface area contributed by atoms with E-state index in [1.165, 1.54) is 50.4 Å². The van der Waals surface area contributed by atoms with Gasteiger partial charge in [0.25, 0.3) is 0 Å². The number of aryl methyl sites for hydroxylation is 1. The molecule has 1 saturated carbocycles. The molecule has 0 spiro atoms. The summed E-state index contributed by atoms with van der Waals surface area (Å²) in [7, 11) is -2.46. The van der Waals surface area contributed by atoms with Crippen LogP contribution in [0.2, 0.25) is 0 Å². The number of H-pyrrole nitrogens is 1. The van der Waals surface area contributed by atoms with E-state index in [1.54, 1.807) is 12.3 Å². The fraction of sp³-hybridized carbons (Fsp3) is 0.440. The molecule has 1 saturated heterocycles. The summed E-state index contributed by atoms with van der Waals surface area (Å²) in [6, 6.07) is 9.58. The van der Waals surface area contributed by atoms with Crippen molar-refractivity contribution in [3.63, 3.8) is 0 Å². The van der Waals surface area contributed by atoms with E-state index in [4.69, 9.17) is 0 Å². The Labute approximate surface area is 200 Å². The molecule has 0 radical (unpaired) electrons. The van der Waals surface area contributed by atoms with E-state index in [-0.39, 0.29) is 17.3 Å². The number of nitrogens with zero attached hydrogens (tertiary/aromatic N) is 3. The van der Waals surface area contributed by atoms with Crippen LogP contribution in [0.4, 0.5) is 11.4 Å². The van der Waals surface area contributed by atoms with Crippen molar-refractivity contribution in [2.45, 2.75) is 49.8 Å². The van der Waals surface area contributed by atoms with Gasteiger partial charge in [-0.25, -0.2) is 8.42 Å². The standard InChI is InChI=1S/C25H31N5O3S/c1-17-12-19-15-26-28-25(19)23(13-17)34(32,33)29(2)16-24(31)27-20-8-9-22(21(14-20)18-6-7-18)30-10-4-3-5-11-30/h8-9,12-15,18H,3-7,10-11,16H2,1-2H3,(H,26,28)(H,27,31). The van der Waals surface area contributed by atoms with Crippen molar-refractivity contribution in [1.29, 1.82) is 0 Å². The van der Waals surface area contributed by atoms with Crippen molar-refractivity contribution >= 4 is 38.2 Å². The zero-order valence-corrected chi connectivity index (χ0v) is 20.5. The molecule has 180 valence electrons. The molecular weight excluding hydrogens is 450 g/mol. The van der Waals surface area contributed by atoms with Crippen LogP contribution >= 0.6 is 0 Å². The highest BCUT2D eigenvalue weighted by Gasteiger charge is 2.29. The van der Waals surface area contributed by atoms with Gasteiger partial charge < -0.3 is 10.2 Å². The Balaban J connectivity index is 1.32. The summed E-state index contributed by atoms with van der Waals surface area (Å²) in [5, 5.41) is 10.4. The number of benzene rings is 2. The van der Waals surface area contributed by atoms with Gasteiger partial charge in [0.15, 0.2) is 0 Å². The fourth-order valence-electron chi connectivity index (χ4n) is 4.80. The number of aromatic nitrogens is 2. The van der Waals surface area contributed by atoms with Crippen molar-refractivity contribution in [2.24, 2.45) is 0 Å². The van der Waals surface area contributed by atoms with Crippen LogP contribution in [0.1, 0.15) is 49.1 Å². The van der Waals surface area contributed by atoms with Gasteiger partial charge in [-0.15, -0.1) is 0 Å². The van der Waals surface area contributed by atoms with Crippen molar-refractivity contribution in [2.75, 3.05) is 36.9 Å². The van der Waals surface area contributed by atoms with E-state index in [0.717, 1.165) is 28.3 Å². The summed E-state index contributed by atoms with van der Waals surface area (Å²) < 4.78 is 27.6. The number of sulfonamides is 1. The number of carbonyl (C=O) groups is 1. The minimum atomic E-state index is -3.88.